The third-order valence-electron chi connectivity index (χ3n) is 5.67. The van der Waals surface area contributed by atoms with Crippen molar-refractivity contribution in [3.63, 3.8) is 0 Å². The number of aliphatic hydroxyl groups is 1. The molecule has 132 valence electrons. The predicted molar refractivity (Wildman–Crippen MR) is 88.3 cm³/mol. The maximum atomic E-state index is 12.6. The average molecular weight is 333 g/mol. The molecule has 3 aliphatic rings. The first kappa shape index (κ1) is 16.1. The lowest BCUT2D eigenvalue weighted by Gasteiger charge is -2.40. The number of rotatable bonds is 6. The van der Waals surface area contributed by atoms with E-state index in [9.17, 15) is 9.90 Å². The number of imidazole rings is 1. The fraction of sp³-hybridized carbons (Fsp3) is 0.778. The van der Waals surface area contributed by atoms with Crippen LogP contribution >= 0.6 is 0 Å². The van der Waals surface area contributed by atoms with Crippen molar-refractivity contribution in [2.45, 2.75) is 57.7 Å². The Morgan fingerprint density at radius 2 is 2.17 bits per heavy atom. The van der Waals surface area contributed by atoms with Crippen LogP contribution in [0.2, 0.25) is 0 Å². The molecule has 6 heteroatoms. The first-order chi connectivity index (χ1) is 11.6. The van der Waals surface area contributed by atoms with Gasteiger partial charge in [0.15, 0.2) is 0 Å². The predicted octanol–water partition coefficient (Wildman–Crippen LogP) is 1.53. The van der Waals surface area contributed by atoms with E-state index in [4.69, 9.17) is 4.74 Å². The van der Waals surface area contributed by atoms with Gasteiger partial charge in [-0.3, -0.25) is 4.79 Å². The van der Waals surface area contributed by atoms with E-state index >= 15 is 0 Å². The van der Waals surface area contributed by atoms with E-state index in [1.54, 1.807) is 0 Å². The van der Waals surface area contributed by atoms with Crippen LogP contribution in [0.25, 0.3) is 0 Å². The molecule has 0 radical (unpaired) electrons. The first-order valence-corrected chi connectivity index (χ1v) is 9.24. The van der Waals surface area contributed by atoms with Crippen molar-refractivity contribution in [1.29, 1.82) is 0 Å². The minimum atomic E-state index is -0.289. The Morgan fingerprint density at radius 1 is 1.38 bits per heavy atom. The van der Waals surface area contributed by atoms with Crippen LogP contribution in [0.5, 0.6) is 0 Å². The Kier molecular flexibility index (Phi) is 4.35. The molecule has 4 rings (SSSR count). The molecule has 1 aromatic rings. The number of nitrogens with zero attached hydrogens (tertiary/aromatic N) is 3. The van der Waals surface area contributed by atoms with Crippen molar-refractivity contribution >= 4 is 5.91 Å². The minimum absolute atomic E-state index is 0.000688. The van der Waals surface area contributed by atoms with Gasteiger partial charge < -0.3 is 19.3 Å². The molecule has 0 unspecified atom stereocenters. The second-order valence-electron chi connectivity index (χ2n) is 7.56. The molecule has 2 saturated carbocycles. The van der Waals surface area contributed by atoms with Gasteiger partial charge in [-0.25, -0.2) is 4.98 Å². The largest absolute Gasteiger partial charge is 0.393 e. The van der Waals surface area contributed by atoms with Crippen molar-refractivity contribution < 1.29 is 14.6 Å². The number of amides is 1. The summed E-state index contributed by atoms with van der Waals surface area (Å²) in [4.78, 5) is 19.1. The van der Waals surface area contributed by atoms with E-state index in [1.165, 1.54) is 18.5 Å². The molecule has 1 aliphatic heterocycles. The van der Waals surface area contributed by atoms with Crippen molar-refractivity contribution in [2.75, 3.05) is 19.8 Å². The molecule has 2 fully saturated rings. The molecule has 6 nitrogen and oxygen atoms in total. The standard InChI is InChI=1S/C18H27N3O3/c1-12-17-19-10-15(4-7-24-11-13-2-3-13)21(17)6-5-20(12)18(23)14-8-16(22)9-14/h10,12-14,16,22H,2-9,11H2,1H3/t12-,14?,16?/m1/s1. The molecule has 2 heterocycles. The summed E-state index contributed by atoms with van der Waals surface area (Å²) in [6.07, 6.45) is 6.40. The molecule has 1 N–H and O–H groups in total. The zero-order valence-electron chi connectivity index (χ0n) is 14.4. The highest BCUT2D eigenvalue weighted by Gasteiger charge is 2.39. The highest BCUT2D eigenvalue weighted by atomic mass is 16.5. The van der Waals surface area contributed by atoms with Crippen LogP contribution in [-0.2, 0) is 22.5 Å². The van der Waals surface area contributed by atoms with Gasteiger partial charge in [0.1, 0.15) is 5.82 Å². The summed E-state index contributed by atoms with van der Waals surface area (Å²) in [6, 6.07) is 0.00475. The van der Waals surface area contributed by atoms with E-state index in [0.717, 1.165) is 44.5 Å². The Labute approximate surface area is 142 Å². The maximum Gasteiger partial charge on any atom is 0.226 e. The van der Waals surface area contributed by atoms with Crippen molar-refractivity contribution in [2.24, 2.45) is 11.8 Å². The molecule has 1 amide bonds. The molecule has 24 heavy (non-hydrogen) atoms. The normalized spacial score (nSPS) is 29.2. The quantitative estimate of drug-likeness (QED) is 0.802. The zero-order chi connectivity index (χ0) is 16.7. The Bertz CT molecular complexity index is 605. The first-order valence-electron chi connectivity index (χ1n) is 9.24. The van der Waals surface area contributed by atoms with Crippen LogP contribution in [0.4, 0.5) is 0 Å². The van der Waals surface area contributed by atoms with Crippen molar-refractivity contribution in [3.05, 3.63) is 17.7 Å². The Hall–Kier alpha value is -1.40. The molecule has 0 aromatic carbocycles. The van der Waals surface area contributed by atoms with Crippen molar-refractivity contribution in [3.8, 4) is 0 Å². The number of fused-ring (bicyclic) bond motifs is 1. The maximum absolute atomic E-state index is 12.6. The summed E-state index contributed by atoms with van der Waals surface area (Å²) in [7, 11) is 0. The monoisotopic (exact) mass is 333 g/mol. The number of carbonyl (C=O) groups is 1. The summed E-state index contributed by atoms with van der Waals surface area (Å²) in [5.74, 6) is 1.95. The number of carbonyl (C=O) groups excluding carboxylic acids is 1. The molecular formula is C18H27N3O3. The van der Waals surface area contributed by atoms with Crippen LogP contribution in [0.1, 0.15) is 50.2 Å². The van der Waals surface area contributed by atoms with E-state index in [1.807, 2.05) is 11.1 Å². The molecule has 0 spiro atoms. The van der Waals surface area contributed by atoms with Gasteiger partial charge in [-0.05, 0) is 38.5 Å². The topological polar surface area (TPSA) is 67.6 Å². The summed E-state index contributed by atoms with van der Waals surface area (Å²) in [5, 5.41) is 9.43. The van der Waals surface area contributed by atoms with E-state index in [2.05, 4.69) is 16.5 Å². The lowest BCUT2D eigenvalue weighted by atomic mass is 9.81. The van der Waals surface area contributed by atoms with Gasteiger partial charge in [0, 0.05) is 43.9 Å². The van der Waals surface area contributed by atoms with Gasteiger partial charge in [0.05, 0.1) is 18.8 Å². The lowest BCUT2D eigenvalue weighted by molar-refractivity contribution is -0.145. The van der Waals surface area contributed by atoms with E-state index in [0.29, 0.717) is 12.8 Å². The molecule has 1 atom stereocenters. The average Bonchev–Trinajstić information content (AvgIpc) is 3.27. The summed E-state index contributed by atoms with van der Waals surface area (Å²) >= 11 is 0. The van der Waals surface area contributed by atoms with Crippen LogP contribution in [0.15, 0.2) is 6.20 Å². The van der Waals surface area contributed by atoms with Gasteiger partial charge in [0.2, 0.25) is 5.91 Å². The summed E-state index contributed by atoms with van der Waals surface area (Å²) in [6.45, 7) is 5.23. The number of aromatic nitrogens is 2. The molecule has 1 aromatic heterocycles. The van der Waals surface area contributed by atoms with Crippen molar-refractivity contribution in [1.82, 2.24) is 14.5 Å². The number of ether oxygens (including phenoxy) is 1. The fourth-order valence-corrected chi connectivity index (χ4v) is 3.80. The molecule has 0 saturated heterocycles. The SMILES string of the molecule is C[C@@H]1c2ncc(CCOCC3CC3)n2CCN1C(=O)C1CC(O)C1. The summed E-state index contributed by atoms with van der Waals surface area (Å²) < 4.78 is 8.00. The second-order valence-corrected chi connectivity index (χ2v) is 7.56. The Morgan fingerprint density at radius 3 is 2.88 bits per heavy atom. The van der Waals surface area contributed by atoms with Crippen LogP contribution < -0.4 is 0 Å². The van der Waals surface area contributed by atoms with E-state index < -0.39 is 0 Å². The lowest BCUT2D eigenvalue weighted by Crippen LogP contribution is -2.48. The highest BCUT2D eigenvalue weighted by molar-refractivity contribution is 5.80. The number of hydrogen-bond donors (Lipinski definition) is 1. The third kappa shape index (κ3) is 3.09. The summed E-state index contributed by atoms with van der Waals surface area (Å²) in [5.41, 5.74) is 1.21. The van der Waals surface area contributed by atoms with Gasteiger partial charge in [-0.1, -0.05) is 0 Å². The van der Waals surface area contributed by atoms with Crippen LogP contribution in [0, 0.1) is 11.8 Å². The molecule has 0 bridgehead atoms. The van der Waals surface area contributed by atoms with Crippen LogP contribution in [0.3, 0.4) is 0 Å². The highest BCUT2D eigenvalue weighted by Crippen LogP contribution is 2.34. The molecular weight excluding hydrogens is 306 g/mol. The van der Waals surface area contributed by atoms with Gasteiger partial charge >= 0.3 is 0 Å². The fourth-order valence-electron chi connectivity index (χ4n) is 3.80. The zero-order valence-corrected chi connectivity index (χ0v) is 14.4. The molecule has 2 aliphatic carbocycles. The smallest absolute Gasteiger partial charge is 0.226 e. The Balaban J connectivity index is 1.36. The second kappa shape index (κ2) is 6.48. The van der Waals surface area contributed by atoms with Gasteiger partial charge in [-0.15, -0.1) is 0 Å². The minimum Gasteiger partial charge on any atom is -0.393 e. The number of aliphatic hydroxyl groups excluding tert-OH is 1. The van der Waals surface area contributed by atoms with E-state index in [-0.39, 0.29) is 24.0 Å². The number of hydrogen-bond acceptors (Lipinski definition) is 4. The van der Waals surface area contributed by atoms with Gasteiger partial charge in [-0.2, -0.15) is 0 Å². The third-order valence-corrected chi connectivity index (χ3v) is 5.67. The van der Waals surface area contributed by atoms with Crippen LogP contribution in [-0.4, -0.2) is 51.3 Å². The van der Waals surface area contributed by atoms with Gasteiger partial charge in [0.25, 0.3) is 0 Å².